The van der Waals surface area contributed by atoms with Crippen LogP contribution in [0.25, 0.3) is 0 Å². The summed E-state index contributed by atoms with van der Waals surface area (Å²) in [6.07, 6.45) is 3.24. The van der Waals surface area contributed by atoms with Gasteiger partial charge in [0.2, 0.25) is 11.8 Å². The van der Waals surface area contributed by atoms with E-state index in [1.165, 1.54) is 4.90 Å². The maximum Gasteiger partial charge on any atom is 0.408 e. The Morgan fingerprint density at radius 3 is 2.19 bits per heavy atom. The molecule has 2 aromatic rings. The van der Waals surface area contributed by atoms with Crippen molar-refractivity contribution in [2.24, 2.45) is 5.73 Å². The Hall–Kier alpha value is -4.08. The Balaban J connectivity index is 2.59. The lowest BCUT2D eigenvalue weighted by molar-refractivity contribution is -0.142. The second-order valence-corrected chi connectivity index (χ2v) is 11.8. The molecule has 0 aromatic heterocycles. The number of unbranched alkanes of at least 4 members (excludes halogenated alkanes) is 4. The number of nitrogens with one attached hydrogen (secondary N) is 2. The van der Waals surface area contributed by atoms with Crippen LogP contribution in [0.5, 0.6) is 5.75 Å². The lowest BCUT2D eigenvalue weighted by Gasteiger charge is -2.35. The van der Waals surface area contributed by atoms with Gasteiger partial charge in [-0.15, -0.1) is 0 Å². The molecule has 0 radical (unpaired) electrons. The molecule has 0 bridgehead atoms. The summed E-state index contributed by atoms with van der Waals surface area (Å²) in [5.74, 6) is -1.18. The van der Waals surface area contributed by atoms with Gasteiger partial charge < -0.3 is 30.7 Å². The number of anilines is 1. The number of ether oxygens (including phenoxy) is 2. The summed E-state index contributed by atoms with van der Waals surface area (Å²) in [6, 6.07) is 10.2. The molecule has 0 aliphatic carbocycles. The van der Waals surface area contributed by atoms with Gasteiger partial charge in [-0.25, -0.2) is 4.79 Å². The van der Waals surface area contributed by atoms with Gasteiger partial charge >= 0.3 is 6.09 Å². The molecule has 0 aliphatic rings. The predicted octanol–water partition coefficient (Wildman–Crippen LogP) is 5.56. The number of amides is 4. The number of aryl methyl sites for hydroxylation is 2. The van der Waals surface area contributed by atoms with Gasteiger partial charge in [-0.2, -0.15) is 0 Å². The average molecular weight is 597 g/mol. The fourth-order valence-electron chi connectivity index (χ4n) is 4.69. The Morgan fingerprint density at radius 1 is 0.953 bits per heavy atom. The van der Waals surface area contributed by atoms with Gasteiger partial charge in [-0.1, -0.05) is 56.4 Å². The third-order valence-electron chi connectivity index (χ3n) is 6.83. The Morgan fingerprint density at radius 2 is 1.60 bits per heavy atom. The highest BCUT2D eigenvalue weighted by molar-refractivity contribution is 6.00. The lowest BCUT2D eigenvalue weighted by Crippen LogP contribution is -2.53. The summed E-state index contributed by atoms with van der Waals surface area (Å²) >= 11 is 0. The SMILES string of the molecule is CCCCCCCN(C(=O)C(CC(N)=O)NC(=O)OC(C)(C)C)C(C(=O)Nc1ccc(OC)cc1)c1cc(C)ccc1C. The van der Waals surface area contributed by atoms with Crippen LogP contribution in [0.1, 0.15) is 89.0 Å². The van der Waals surface area contributed by atoms with E-state index in [0.29, 0.717) is 23.4 Å². The van der Waals surface area contributed by atoms with Crippen LogP contribution in [0.3, 0.4) is 0 Å². The first-order valence-corrected chi connectivity index (χ1v) is 14.9. The van der Waals surface area contributed by atoms with Crippen molar-refractivity contribution in [2.75, 3.05) is 19.0 Å². The number of benzene rings is 2. The van der Waals surface area contributed by atoms with E-state index in [0.717, 1.165) is 36.8 Å². The molecule has 2 rings (SSSR count). The fraction of sp³-hybridized carbons (Fsp3) is 0.515. The minimum absolute atomic E-state index is 0.224. The van der Waals surface area contributed by atoms with Crippen molar-refractivity contribution in [1.29, 1.82) is 0 Å². The van der Waals surface area contributed by atoms with Crippen molar-refractivity contribution in [3.8, 4) is 5.75 Å². The maximum absolute atomic E-state index is 14.3. The van der Waals surface area contributed by atoms with Crippen molar-refractivity contribution in [2.45, 2.75) is 97.8 Å². The van der Waals surface area contributed by atoms with E-state index in [4.69, 9.17) is 15.2 Å². The molecule has 2 atom stereocenters. The summed E-state index contributed by atoms with van der Waals surface area (Å²) in [4.78, 5) is 54.7. The van der Waals surface area contributed by atoms with E-state index < -0.39 is 47.9 Å². The Kier molecular flexibility index (Phi) is 13.5. The summed E-state index contributed by atoms with van der Waals surface area (Å²) in [6.45, 7) is 11.2. The van der Waals surface area contributed by atoms with E-state index >= 15 is 0 Å². The van der Waals surface area contributed by atoms with Crippen LogP contribution in [0.4, 0.5) is 10.5 Å². The number of alkyl carbamates (subject to hydrolysis) is 1. The minimum Gasteiger partial charge on any atom is -0.497 e. The molecule has 43 heavy (non-hydrogen) atoms. The minimum atomic E-state index is -1.33. The molecule has 10 nitrogen and oxygen atoms in total. The lowest BCUT2D eigenvalue weighted by atomic mass is 9.95. The van der Waals surface area contributed by atoms with Crippen LogP contribution in [0.2, 0.25) is 0 Å². The standard InChI is InChI=1S/C33H48N4O6/c1-8-9-10-11-12-19-37(31(40)27(21-28(34)38)36-32(41)43-33(4,5)6)29(26-20-22(2)13-14-23(26)3)30(39)35-24-15-17-25(42-7)18-16-24/h13-18,20,27,29H,8-12,19,21H2,1-7H3,(H2,34,38)(H,35,39)(H,36,41). The second-order valence-electron chi connectivity index (χ2n) is 11.8. The predicted molar refractivity (Wildman–Crippen MR) is 168 cm³/mol. The van der Waals surface area contributed by atoms with Crippen LogP contribution in [-0.4, -0.2) is 54.0 Å². The average Bonchev–Trinajstić information content (AvgIpc) is 2.92. The van der Waals surface area contributed by atoms with Gasteiger partial charge in [-0.05, 0) is 76.4 Å². The number of methoxy groups -OCH3 is 1. The molecule has 0 spiro atoms. The number of carbonyl (C=O) groups excluding carboxylic acids is 4. The molecule has 10 heteroatoms. The van der Waals surface area contributed by atoms with Crippen LogP contribution in [0, 0.1) is 13.8 Å². The molecule has 236 valence electrons. The van der Waals surface area contributed by atoms with Crippen molar-refractivity contribution in [3.05, 3.63) is 59.2 Å². The largest absolute Gasteiger partial charge is 0.497 e. The quantitative estimate of drug-likeness (QED) is 0.230. The molecule has 2 unspecified atom stereocenters. The topological polar surface area (TPSA) is 140 Å². The highest BCUT2D eigenvalue weighted by Crippen LogP contribution is 2.29. The Labute approximate surface area is 255 Å². The van der Waals surface area contributed by atoms with Gasteiger partial charge in [0.15, 0.2) is 0 Å². The van der Waals surface area contributed by atoms with Gasteiger partial charge in [-0.3, -0.25) is 14.4 Å². The van der Waals surface area contributed by atoms with E-state index in [2.05, 4.69) is 17.6 Å². The van der Waals surface area contributed by atoms with Gasteiger partial charge in [0, 0.05) is 12.2 Å². The number of primary amides is 1. The van der Waals surface area contributed by atoms with Crippen molar-refractivity contribution >= 4 is 29.5 Å². The van der Waals surface area contributed by atoms with E-state index in [-0.39, 0.29) is 6.54 Å². The molecular weight excluding hydrogens is 548 g/mol. The van der Waals surface area contributed by atoms with Crippen molar-refractivity contribution in [1.82, 2.24) is 10.2 Å². The van der Waals surface area contributed by atoms with Gasteiger partial charge in [0.25, 0.3) is 5.91 Å². The van der Waals surface area contributed by atoms with Gasteiger partial charge in [0.05, 0.1) is 13.5 Å². The first kappa shape index (κ1) is 35.1. The van der Waals surface area contributed by atoms with Crippen LogP contribution < -0.4 is 21.1 Å². The van der Waals surface area contributed by atoms with Crippen molar-refractivity contribution in [3.63, 3.8) is 0 Å². The second kappa shape index (κ2) is 16.5. The zero-order valence-corrected chi connectivity index (χ0v) is 26.6. The smallest absolute Gasteiger partial charge is 0.408 e. The van der Waals surface area contributed by atoms with Crippen LogP contribution >= 0.6 is 0 Å². The molecule has 4 amide bonds. The van der Waals surface area contributed by atoms with E-state index in [1.54, 1.807) is 52.1 Å². The van der Waals surface area contributed by atoms with E-state index in [9.17, 15) is 19.2 Å². The van der Waals surface area contributed by atoms with Crippen LogP contribution in [-0.2, 0) is 19.1 Å². The zero-order chi connectivity index (χ0) is 32.2. The number of nitrogens with two attached hydrogens (primary N) is 1. The summed E-state index contributed by atoms with van der Waals surface area (Å²) in [5, 5.41) is 5.47. The molecule has 0 saturated carbocycles. The highest BCUT2D eigenvalue weighted by atomic mass is 16.6. The maximum atomic E-state index is 14.3. The molecule has 0 saturated heterocycles. The number of carbonyl (C=O) groups is 4. The van der Waals surface area contributed by atoms with E-state index in [1.807, 2.05) is 32.0 Å². The third-order valence-corrected chi connectivity index (χ3v) is 6.83. The highest BCUT2D eigenvalue weighted by Gasteiger charge is 2.37. The molecule has 0 aliphatic heterocycles. The first-order valence-electron chi connectivity index (χ1n) is 14.9. The monoisotopic (exact) mass is 596 g/mol. The summed E-state index contributed by atoms with van der Waals surface area (Å²) in [5.41, 5.74) is 7.58. The molecular formula is C33H48N4O6. The zero-order valence-electron chi connectivity index (χ0n) is 26.6. The summed E-state index contributed by atoms with van der Waals surface area (Å²) in [7, 11) is 1.56. The molecule has 0 fully saturated rings. The Bertz CT molecular complexity index is 1240. The van der Waals surface area contributed by atoms with Crippen LogP contribution in [0.15, 0.2) is 42.5 Å². The number of nitrogens with zero attached hydrogens (tertiary/aromatic N) is 1. The number of rotatable bonds is 15. The first-order chi connectivity index (χ1) is 20.2. The number of hydrogen-bond donors (Lipinski definition) is 3. The third kappa shape index (κ3) is 11.6. The van der Waals surface area contributed by atoms with Gasteiger partial charge in [0.1, 0.15) is 23.4 Å². The fourth-order valence-corrected chi connectivity index (χ4v) is 4.69. The normalized spacial score (nSPS) is 12.5. The summed E-state index contributed by atoms with van der Waals surface area (Å²) < 4.78 is 10.6. The molecule has 4 N–H and O–H groups in total. The molecule has 0 heterocycles. The molecule has 2 aromatic carbocycles. The van der Waals surface area contributed by atoms with Crippen molar-refractivity contribution < 1.29 is 28.7 Å². The number of hydrogen-bond acceptors (Lipinski definition) is 6.